The standard InChI is InChI=1S/C15H18N2O.C3H8.H2/c1-10-5-6-13-12(9-10)11(2)14(16-13)15(18)17-7-3-4-8-17;1-3-2;/h5-6,9,16H,3-4,7-8H2,1-2H3;3H2,1-2H3;1H. The number of nitrogens with one attached hydrogen (secondary N) is 1. The molecule has 1 aliphatic rings. The first-order valence-electron chi connectivity index (χ1n) is 7.96. The zero-order chi connectivity index (χ0) is 15.4. The van der Waals surface area contributed by atoms with Crippen molar-refractivity contribution in [1.29, 1.82) is 0 Å². The molecule has 0 bridgehead atoms. The highest BCUT2D eigenvalue weighted by Crippen LogP contribution is 2.24. The number of aryl methyl sites for hydroxylation is 2. The summed E-state index contributed by atoms with van der Waals surface area (Å²) >= 11 is 0. The van der Waals surface area contributed by atoms with E-state index in [0.29, 0.717) is 0 Å². The van der Waals surface area contributed by atoms with Crippen LogP contribution >= 0.6 is 0 Å². The van der Waals surface area contributed by atoms with E-state index in [0.717, 1.165) is 48.1 Å². The second-order valence-corrected chi connectivity index (χ2v) is 5.88. The van der Waals surface area contributed by atoms with Crippen molar-refractivity contribution in [3.63, 3.8) is 0 Å². The van der Waals surface area contributed by atoms with Gasteiger partial charge in [-0.3, -0.25) is 4.79 Å². The van der Waals surface area contributed by atoms with Gasteiger partial charge in [0.1, 0.15) is 5.69 Å². The maximum absolute atomic E-state index is 12.4. The molecule has 0 aliphatic carbocycles. The first kappa shape index (κ1) is 15.6. The van der Waals surface area contributed by atoms with Gasteiger partial charge in [-0.15, -0.1) is 0 Å². The summed E-state index contributed by atoms with van der Waals surface area (Å²) < 4.78 is 0. The Morgan fingerprint density at radius 2 is 1.86 bits per heavy atom. The van der Waals surface area contributed by atoms with Crippen molar-refractivity contribution in [1.82, 2.24) is 9.88 Å². The summed E-state index contributed by atoms with van der Waals surface area (Å²) in [6, 6.07) is 6.27. The molecule has 0 spiro atoms. The summed E-state index contributed by atoms with van der Waals surface area (Å²) in [7, 11) is 0. The third-order valence-corrected chi connectivity index (χ3v) is 3.82. The summed E-state index contributed by atoms with van der Waals surface area (Å²) in [6.45, 7) is 10.1. The van der Waals surface area contributed by atoms with E-state index in [1.807, 2.05) is 11.8 Å². The van der Waals surface area contributed by atoms with Crippen LogP contribution < -0.4 is 0 Å². The van der Waals surface area contributed by atoms with Gasteiger partial charge in [-0.2, -0.15) is 0 Å². The molecule has 1 aromatic carbocycles. The summed E-state index contributed by atoms with van der Waals surface area (Å²) in [6.07, 6.45) is 3.51. The fourth-order valence-electron chi connectivity index (χ4n) is 2.73. The lowest BCUT2D eigenvalue weighted by atomic mass is 10.1. The van der Waals surface area contributed by atoms with Gasteiger partial charge in [0.05, 0.1) is 0 Å². The van der Waals surface area contributed by atoms with Crippen molar-refractivity contribution in [2.75, 3.05) is 13.1 Å². The molecule has 1 fully saturated rings. The van der Waals surface area contributed by atoms with Crippen molar-refractivity contribution in [2.24, 2.45) is 0 Å². The molecule has 1 amide bonds. The minimum atomic E-state index is 0. The number of aromatic amines is 1. The molecule has 1 N–H and O–H groups in total. The molecule has 3 nitrogen and oxygen atoms in total. The van der Waals surface area contributed by atoms with Crippen LogP contribution in [0.25, 0.3) is 10.9 Å². The lowest BCUT2D eigenvalue weighted by Gasteiger charge is -2.14. The Kier molecular flexibility index (Phi) is 5.05. The van der Waals surface area contributed by atoms with Crippen LogP contribution in [0.2, 0.25) is 0 Å². The summed E-state index contributed by atoms with van der Waals surface area (Å²) in [4.78, 5) is 17.6. The van der Waals surface area contributed by atoms with E-state index in [1.54, 1.807) is 0 Å². The second kappa shape index (κ2) is 6.79. The maximum atomic E-state index is 12.4. The third kappa shape index (κ3) is 3.29. The van der Waals surface area contributed by atoms with Gasteiger partial charge in [-0.1, -0.05) is 31.9 Å². The van der Waals surface area contributed by atoms with Gasteiger partial charge in [-0.05, 0) is 44.4 Å². The first-order valence-corrected chi connectivity index (χ1v) is 7.96. The van der Waals surface area contributed by atoms with Crippen LogP contribution in [0, 0.1) is 13.8 Å². The predicted octanol–water partition coefficient (Wildman–Crippen LogP) is 4.68. The fraction of sp³-hybridized carbons (Fsp3) is 0.500. The normalized spacial score (nSPS) is 14.2. The lowest BCUT2D eigenvalue weighted by Crippen LogP contribution is -2.28. The monoisotopic (exact) mass is 288 g/mol. The van der Waals surface area contributed by atoms with Crippen LogP contribution in [0.4, 0.5) is 0 Å². The number of hydrogen-bond donors (Lipinski definition) is 1. The molecular weight excluding hydrogens is 260 g/mol. The Balaban J connectivity index is 0.000000562. The van der Waals surface area contributed by atoms with Crippen LogP contribution in [0.15, 0.2) is 18.2 Å². The average molecular weight is 288 g/mol. The third-order valence-electron chi connectivity index (χ3n) is 3.82. The van der Waals surface area contributed by atoms with Crippen molar-refractivity contribution in [3.05, 3.63) is 35.0 Å². The van der Waals surface area contributed by atoms with Gasteiger partial charge in [0.15, 0.2) is 0 Å². The Morgan fingerprint density at radius 3 is 2.48 bits per heavy atom. The highest BCUT2D eigenvalue weighted by atomic mass is 16.2. The molecule has 0 unspecified atom stereocenters. The minimum Gasteiger partial charge on any atom is -0.350 e. The summed E-state index contributed by atoms with van der Waals surface area (Å²) in [5, 5.41) is 1.16. The second-order valence-electron chi connectivity index (χ2n) is 5.88. The predicted molar refractivity (Wildman–Crippen MR) is 91.0 cm³/mol. The van der Waals surface area contributed by atoms with E-state index in [1.165, 1.54) is 12.0 Å². The molecular formula is C18H28N2O. The topological polar surface area (TPSA) is 36.1 Å². The smallest absolute Gasteiger partial charge is 0.270 e. The Labute approximate surface area is 128 Å². The van der Waals surface area contributed by atoms with Crippen molar-refractivity contribution >= 4 is 16.8 Å². The van der Waals surface area contributed by atoms with Crippen LogP contribution in [0.1, 0.15) is 56.2 Å². The largest absolute Gasteiger partial charge is 0.350 e. The Bertz CT molecular complexity index is 627. The zero-order valence-corrected chi connectivity index (χ0v) is 13.6. The molecule has 0 saturated carbocycles. The molecule has 2 aromatic rings. The van der Waals surface area contributed by atoms with Crippen LogP contribution in [-0.4, -0.2) is 28.9 Å². The van der Waals surface area contributed by atoms with E-state index in [9.17, 15) is 4.79 Å². The average Bonchev–Trinajstić information content (AvgIpc) is 3.08. The van der Waals surface area contributed by atoms with Crippen molar-refractivity contribution < 1.29 is 6.22 Å². The van der Waals surface area contributed by atoms with Gasteiger partial charge < -0.3 is 9.88 Å². The van der Waals surface area contributed by atoms with E-state index < -0.39 is 0 Å². The molecule has 21 heavy (non-hydrogen) atoms. The fourth-order valence-corrected chi connectivity index (χ4v) is 2.73. The van der Waals surface area contributed by atoms with Crippen LogP contribution in [0.3, 0.4) is 0 Å². The number of carbonyl (C=O) groups excluding carboxylic acids is 1. The number of nitrogens with zero attached hydrogens (tertiary/aromatic N) is 1. The number of likely N-dealkylation sites (tertiary alicyclic amines) is 1. The van der Waals surface area contributed by atoms with Gasteiger partial charge in [0.25, 0.3) is 5.91 Å². The van der Waals surface area contributed by atoms with E-state index in [-0.39, 0.29) is 7.33 Å². The number of rotatable bonds is 1. The Morgan fingerprint density at radius 1 is 1.24 bits per heavy atom. The highest BCUT2D eigenvalue weighted by molar-refractivity contribution is 6.01. The SMILES string of the molecule is CCC.Cc1ccc2[nH]c(C(=O)N3CCCC3)c(C)c2c1.[HH]. The number of aromatic nitrogens is 1. The zero-order valence-electron chi connectivity index (χ0n) is 13.6. The van der Waals surface area contributed by atoms with Gasteiger partial charge in [0.2, 0.25) is 0 Å². The van der Waals surface area contributed by atoms with Crippen LogP contribution in [-0.2, 0) is 0 Å². The molecule has 0 atom stereocenters. The quantitative estimate of drug-likeness (QED) is 0.812. The molecule has 1 aliphatic heterocycles. The van der Waals surface area contributed by atoms with E-state index in [2.05, 4.69) is 44.0 Å². The van der Waals surface area contributed by atoms with Gasteiger partial charge in [0, 0.05) is 25.4 Å². The minimum absolute atomic E-state index is 0. The molecule has 3 rings (SSSR count). The van der Waals surface area contributed by atoms with Crippen molar-refractivity contribution in [2.45, 2.75) is 47.0 Å². The molecule has 3 heteroatoms. The molecule has 0 radical (unpaired) electrons. The number of benzene rings is 1. The molecule has 1 saturated heterocycles. The van der Waals surface area contributed by atoms with Gasteiger partial charge >= 0.3 is 0 Å². The molecule has 1 aromatic heterocycles. The lowest BCUT2D eigenvalue weighted by molar-refractivity contribution is 0.0787. The van der Waals surface area contributed by atoms with E-state index in [4.69, 9.17) is 0 Å². The summed E-state index contributed by atoms with van der Waals surface area (Å²) in [5.74, 6) is 0.152. The molecule has 116 valence electrons. The number of fused-ring (bicyclic) bond motifs is 1. The maximum Gasteiger partial charge on any atom is 0.270 e. The Hall–Kier alpha value is -1.77. The van der Waals surface area contributed by atoms with Crippen LogP contribution in [0.5, 0.6) is 0 Å². The van der Waals surface area contributed by atoms with Crippen molar-refractivity contribution in [3.8, 4) is 0 Å². The summed E-state index contributed by atoms with van der Waals surface area (Å²) in [5.41, 5.74) is 4.12. The number of amides is 1. The number of carbonyl (C=O) groups is 1. The number of H-pyrrole nitrogens is 1. The highest BCUT2D eigenvalue weighted by Gasteiger charge is 2.23. The number of hydrogen-bond acceptors (Lipinski definition) is 1. The van der Waals surface area contributed by atoms with Gasteiger partial charge in [-0.25, -0.2) is 0 Å². The van der Waals surface area contributed by atoms with E-state index >= 15 is 0 Å². The first-order chi connectivity index (χ1) is 10.1. The molecule has 2 heterocycles.